The van der Waals surface area contributed by atoms with Gasteiger partial charge in [-0.05, 0) is 47.9 Å². The van der Waals surface area contributed by atoms with E-state index in [0.29, 0.717) is 11.4 Å². The summed E-state index contributed by atoms with van der Waals surface area (Å²) in [7, 11) is -3.58. The van der Waals surface area contributed by atoms with Crippen LogP contribution in [0.3, 0.4) is 0 Å². The number of nitrogens with zero attached hydrogens (tertiary/aromatic N) is 3. The van der Waals surface area contributed by atoms with Crippen LogP contribution in [-0.2, 0) is 16.6 Å². The van der Waals surface area contributed by atoms with Crippen LogP contribution in [-0.4, -0.2) is 28.1 Å². The topological polar surface area (TPSA) is 54.7 Å². The van der Waals surface area contributed by atoms with Crippen molar-refractivity contribution in [3.05, 3.63) is 78.8 Å². The summed E-state index contributed by atoms with van der Waals surface area (Å²) >= 11 is 0. The molecule has 1 fully saturated rings. The second-order valence-corrected chi connectivity index (χ2v) is 8.86. The van der Waals surface area contributed by atoms with Gasteiger partial charge in [-0.2, -0.15) is 4.31 Å². The highest BCUT2D eigenvalue weighted by molar-refractivity contribution is 7.89. The van der Waals surface area contributed by atoms with Gasteiger partial charge < -0.3 is 4.40 Å². The third-order valence-electron chi connectivity index (χ3n) is 5.09. The zero-order valence-electron chi connectivity index (χ0n) is 14.7. The smallest absolute Gasteiger partial charge is 0.243 e. The van der Waals surface area contributed by atoms with Crippen LogP contribution in [0.4, 0.5) is 0 Å². The zero-order valence-corrected chi connectivity index (χ0v) is 15.5. The van der Waals surface area contributed by atoms with Gasteiger partial charge in [0.05, 0.1) is 23.3 Å². The lowest BCUT2D eigenvalue weighted by atomic mass is 10.1. The fraction of sp³-hybridized carbons (Fsp3) is 0.190. The maximum Gasteiger partial charge on any atom is 0.243 e. The van der Waals surface area contributed by atoms with Crippen LogP contribution < -0.4 is 0 Å². The molecule has 6 heteroatoms. The minimum absolute atomic E-state index is 0.0655. The number of rotatable bonds is 5. The van der Waals surface area contributed by atoms with E-state index < -0.39 is 10.0 Å². The van der Waals surface area contributed by atoms with Gasteiger partial charge >= 0.3 is 0 Å². The molecule has 0 unspecified atom stereocenters. The average molecular weight is 377 g/mol. The standard InChI is InChI=1S/C21H19N3O2S/c25-27(26,20-11-8-16-5-1-2-6-17(16)13-20)24(18-9-10-18)15-19-14-22-21-7-3-4-12-23(19)21/h1-8,11-14,18H,9-10,15H2. The van der Waals surface area contributed by atoms with E-state index in [1.54, 1.807) is 22.6 Å². The van der Waals surface area contributed by atoms with E-state index >= 15 is 0 Å². The molecule has 1 aliphatic rings. The molecule has 5 rings (SSSR count). The molecule has 0 bridgehead atoms. The van der Waals surface area contributed by atoms with Crippen LogP contribution in [0.15, 0.2) is 78.0 Å². The largest absolute Gasteiger partial charge is 0.303 e. The fourth-order valence-corrected chi connectivity index (χ4v) is 5.19. The molecule has 27 heavy (non-hydrogen) atoms. The Labute approximate surface area is 157 Å². The molecule has 136 valence electrons. The summed E-state index contributed by atoms with van der Waals surface area (Å²) < 4.78 is 30.4. The lowest BCUT2D eigenvalue weighted by Crippen LogP contribution is -2.33. The van der Waals surface area contributed by atoms with Crippen molar-refractivity contribution in [1.29, 1.82) is 0 Å². The fourth-order valence-electron chi connectivity index (χ4n) is 3.50. The van der Waals surface area contributed by atoms with Crippen molar-refractivity contribution in [3.63, 3.8) is 0 Å². The third kappa shape index (κ3) is 2.91. The van der Waals surface area contributed by atoms with Gasteiger partial charge in [0.1, 0.15) is 5.65 Å². The van der Waals surface area contributed by atoms with Crippen LogP contribution in [0.5, 0.6) is 0 Å². The number of benzene rings is 2. The average Bonchev–Trinajstić information content (AvgIpc) is 3.45. The summed E-state index contributed by atoms with van der Waals surface area (Å²) in [6.07, 6.45) is 5.50. The number of aromatic nitrogens is 2. The molecule has 2 heterocycles. The predicted octanol–water partition coefficient (Wildman–Crippen LogP) is 3.84. The summed E-state index contributed by atoms with van der Waals surface area (Å²) in [5.74, 6) is 0. The Kier molecular flexibility index (Phi) is 3.77. The molecule has 0 saturated heterocycles. The van der Waals surface area contributed by atoms with Crippen molar-refractivity contribution in [2.75, 3.05) is 0 Å². The maximum atomic E-state index is 13.4. The van der Waals surface area contributed by atoms with Crippen LogP contribution in [0.1, 0.15) is 18.5 Å². The van der Waals surface area contributed by atoms with Gasteiger partial charge in [0.15, 0.2) is 0 Å². The number of imidazole rings is 1. The summed E-state index contributed by atoms with van der Waals surface area (Å²) in [5.41, 5.74) is 1.70. The molecule has 1 aliphatic carbocycles. The maximum absolute atomic E-state index is 13.4. The number of sulfonamides is 1. The molecule has 0 radical (unpaired) electrons. The van der Waals surface area contributed by atoms with E-state index in [0.717, 1.165) is 35.0 Å². The van der Waals surface area contributed by atoms with E-state index in [4.69, 9.17) is 0 Å². The Balaban J connectivity index is 1.55. The summed E-state index contributed by atoms with van der Waals surface area (Å²) in [6.45, 7) is 0.324. The molecule has 4 aromatic rings. The van der Waals surface area contributed by atoms with Gasteiger partial charge in [-0.25, -0.2) is 13.4 Å². The summed E-state index contributed by atoms with van der Waals surface area (Å²) in [6, 6.07) is 19.0. The molecular weight excluding hydrogens is 358 g/mol. The first kappa shape index (κ1) is 16.5. The molecule has 0 N–H and O–H groups in total. The van der Waals surface area contributed by atoms with Gasteiger partial charge in [0.25, 0.3) is 0 Å². The van der Waals surface area contributed by atoms with E-state index in [-0.39, 0.29) is 6.04 Å². The van der Waals surface area contributed by atoms with Gasteiger partial charge in [0, 0.05) is 12.2 Å². The first-order valence-corrected chi connectivity index (χ1v) is 10.5. The van der Waals surface area contributed by atoms with Gasteiger partial charge in [-0.15, -0.1) is 0 Å². The van der Waals surface area contributed by atoms with Crippen LogP contribution in [0.2, 0.25) is 0 Å². The van der Waals surface area contributed by atoms with Gasteiger partial charge in [-0.3, -0.25) is 0 Å². The molecule has 0 aliphatic heterocycles. The van der Waals surface area contributed by atoms with E-state index in [2.05, 4.69) is 4.98 Å². The highest BCUT2D eigenvalue weighted by Gasteiger charge is 2.38. The Morgan fingerprint density at radius 3 is 2.59 bits per heavy atom. The molecule has 1 saturated carbocycles. The second-order valence-electron chi connectivity index (χ2n) is 6.97. The minimum Gasteiger partial charge on any atom is -0.303 e. The van der Waals surface area contributed by atoms with Crippen molar-refractivity contribution in [3.8, 4) is 0 Å². The van der Waals surface area contributed by atoms with E-state index in [9.17, 15) is 8.42 Å². The van der Waals surface area contributed by atoms with Crippen molar-refractivity contribution in [1.82, 2.24) is 13.7 Å². The monoisotopic (exact) mass is 377 g/mol. The first-order valence-electron chi connectivity index (χ1n) is 9.04. The lowest BCUT2D eigenvalue weighted by molar-refractivity contribution is 0.393. The Morgan fingerprint density at radius 2 is 1.78 bits per heavy atom. The van der Waals surface area contributed by atoms with Crippen molar-refractivity contribution < 1.29 is 8.42 Å². The van der Waals surface area contributed by atoms with Crippen LogP contribution in [0.25, 0.3) is 16.4 Å². The molecule has 0 amide bonds. The van der Waals surface area contributed by atoms with Crippen LogP contribution >= 0.6 is 0 Å². The first-order chi connectivity index (χ1) is 13.1. The minimum atomic E-state index is -3.58. The van der Waals surface area contributed by atoms with Crippen LogP contribution in [0, 0.1) is 0 Å². The molecule has 2 aromatic carbocycles. The third-order valence-corrected chi connectivity index (χ3v) is 6.99. The molecule has 5 nitrogen and oxygen atoms in total. The SMILES string of the molecule is O=S(=O)(c1ccc2ccccc2c1)N(Cc1cnc2ccccn12)C1CC1. The summed E-state index contributed by atoms with van der Waals surface area (Å²) in [4.78, 5) is 4.74. The van der Waals surface area contributed by atoms with Gasteiger partial charge in [-0.1, -0.05) is 36.4 Å². The molecular formula is C21H19N3O2S. The molecule has 0 atom stereocenters. The number of fused-ring (bicyclic) bond motifs is 2. The normalized spacial score (nSPS) is 15.0. The van der Waals surface area contributed by atoms with Crippen molar-refractivity contribution >= 4 is 26.4 Å². The predicted molar refractivity (Wildman–Crippen MR) is 105 cm³/mol. The van der Waals surface area contributed by atoms with Crippen molar-refractivity contribution in [2.45, 2.75) is 30.3 Å². The number of hydrogen-bond acceptors (Lipinski definition) is 3. The Hall–Kier alpha value is -2.70. The summed E-state index contributed by atoms with van der Waals surface area (Å²) in [5, 5.41) is 1.97. The highest BCUT2D eigenvalue weighted by atomic mass is 32.2. The lowest BCUT2D eigenvalue weighted by Gasteiger charge is -2.22. The van der Waals surface area contributed by atoms with E-state index in [1.165, 1.54) is 0 Å². The zero-order chi connectivity index (χ0) is 18.4. The van der Waals surface area contributed by atoms with Crippen molar-refractivity contribution in [2.24, 2.45) is 0 Å². The number of pyridine rings is 1. The second kappa shape index (κ2) is 6.18. The number of hydrogen-bond donors (Lipinski definition) is 0. The molecule has 0 spiro atoms. The Bertz CT molecular complexity index is 1240. The quantitative estimate of drug-likeness (QED) is 0.531. The van der Waals surface area contributed by atoms with E-state index in [1.807, 2.05) is 59.1 Å². The molecule has 2 aromatic heterocycles. The van der Waals surface area contributed by atoms with Gasteiger partial charge in [0.2, 0.25) is 10.0 Å². The highest BCUT2D eigenvalue weighted by Crippen LogP contribution is 2.34. The Morgan fingerprint density at radius 1 is 1.00 bits per heavy atom.